The molecular weight excluding hydrogens is 286 g/mol. The van der Waals surface area contributed by atoms with E-state index in [1.54, 1.807) is 42.7 Å². The van der Waals surface area contributed by atoms with Gasteiger partial charge in [-0.3, -0.25) is 9.20 Å². The Hall–Kier alpha value is -2.34. The van der Waals surface area contributed by atoms with Crippen LogP contribution in [0.3, 0.4) is 0 Å². The van der Waals surface area contributed by atoms with Gasteiger partial charge >= 0.3 is 0 Å². The molecule has 0 aliphatic carbocycles. The van der Waals surface area contributed by atoms with Crippen LogP contribution in [0.25, 0.3) is 4.96 Å². The number of amides is 1. The number of hydrogen-bond donors (Lipinski definition) is 1. The van der Waals surface area contributed by atoms with Crippen molar-refractivity contribution in [3.8, 4) is 5.75 Å². The Balaban J connectivity index is 1.66. The molecule has 6 heteroatoms. The van der Waals surface area contributed by atoms with Crippen LogP contribution in [-0.4, -0.2) is 22.4 Å². The number of hydrogen-bond acceptors (Lipinski definition) is 4. The number of imidazole rings is 1. The largest absolute Gasteiger partial charge is 0.497 e. The first-order chi connectivity index (χ1) is 10.2. The summed E-state index contributed by atoms with van der Waals surface area (Å²) in [5.74, 6) is 0.613. The minimum atomic E-state index is -0.120. The Morgan fingerprint density at radius 2 is 2.14 bits per heavy atom. The normalized spacial score (nSPS) is 10.8. The zero-order valence-corrected chi connectivity index (χ0v) is 12.6. The maximum atomic E-state index is 12.1. The van der Waals surface area contributed by atoms with Crippen LogP contribution in [0.1, 0.15) is 21.7 Å². The summed E-state index contributed by atoms with van der Waals surface area (Å²) in [5.41, 5.74) is 2.61. The molecule has 2 heterocycles. The number of nitrogens with one attached hydrogen (secondary N) is 1. The van der Waals surface area contributed by atoms with E-state index in [1.807, 2.05) is 17.5 Å². The van der Waals surface area contributed by atoms with Crippen LogP contribution in [0.2, 0.25) is 0 Å². The number of ether oxygens (including phenoxy) is 1. The van der Waals surface area contributed by atoms with Crippen LogP contribution >= 0.6 is 11.3 Å². The van der Waals surface area contributed by atoms with Crippen molar-refractivity contribution in [1.29, 1.82) is 0 Å². The fourth-order valence-electron chi connectivity index (χ4n) is 2.04. The Morgan fingerprint density at radius 1 is 1.38 bits per heavy atom. The third-order valence-electron chi connectivity index (χ3n) is 3.22. The van der Waals surface area contributed by atoms with Gasteiger partial charge in [0.15, 0.2) is 4.96 Å². The first kappa shape index (κ1) is 13.6. The van der Waals surface area contributed by atoms with Crippen LogP contribution < -0.4 is 10.1 Å². The maximum absolute atomic E-state index is 12.1. The van der Waals surface area contributed by atoms with Gasteiger partial charge in [0.25, 0.3) is 5.91 Å². The smallest absolute Gasteiger partial charge is 0.251 e. The van der Waals surface area contributed by atoms with Crippen LogP contribution in [0.15, 0.2) is 35.8 Å². The number of aromatic nitrogens is 2. The second-order valence-corrected chi connectivity index (χ2v) is 5.51. The molecule has 0 bridgehead atoms. The topological polar surface area (TPSA) is 55.6 Å². The lowest BCUT2D eigenvalue weighted by Gasteiger charge is -2.04. The van der Waals surface area contributed by atoms with Gasteiger partial charge in [-0.25, -0.2) is 4.98 Å². The Kier molecular flexibility index (Phi) is 3.62. The van der Waals surface area contributed by atoms with Gasteiger partial charge in [0.2, 0.25) is 0 Å². The van der Waals surface area contributed by atoms with Gasteiger partial charge in [-0.05, 0) is 31.2 Å². The quantitative estimate of drug-likeness (QED) is 0.806. The monoisotopic (exact) mass is 301 g/mol. The lowest BCUT2D eigenvalue weighted by Crippen LogP contribution is -2.22. The summed E-state index contributed by atoms with van der Waals surface area (Å²) in [6.07, 6.45) is 1.95. The molecule has 0 aliphatic rings. The molecule has 0 unspecified atom stereocenters. The third kappa shape index (κ3) is 2.75. The molecule has 1 amide bonds. The number of carbonyl (C=O) groups excluding carboxylic acids is 1. The fraction of sp³-hybridized carbons (Fsp3) is 0.200. The number of benzene rings is 1. The van der Waals surface area contributed by atoms with Crippen molar-refractivity contribution >= 4 is 22.2 Å². The number of aryl methyl sites for hydroxylation is 1. The molecule has 0 spiro atoms. The summed E-state index contributed by atoms with van der Waals surface area (Å²) in [6.45, 7) is 2.45. The number of rotatable bonds is 4. The lowest BCUT2D eigenvalue weighted by atomic mass is 10.2. The molecule has 1 aromatic carbocycles. The highest BCUT2D eigenvalue weighted by Gasteiger charge is 2.08. The molecule has 0 fully saturated rings. The number of thiazole rings is 1. The molecule has 3 rings (SSSR count). The van der Waals surface area contributed by atoms with Crippen molar-refractivity contribution in [3.05, 3.63) is 52.8 Å². The molecule has 21 heavy (non-hydrogen) atoms. The fourth-order valence-corrected chi connectivity index (χ4v) is 2.91. The first-order valence-electron chi connectivity index (χ1n) is 6.51. The van der Waals surface area contributed by atoms with E-state index in [1.165, 1.54) is 0 Å². The summed E-state index contributed by atoms with van der Waals surface area (Å²) in [7, 11) is 1.60. The number of nitrogens with zero attached hydrogens (tertiary/aromatic N) is 2. The lowest BCUT2D eigenvalue weighted by molar-refractivity contribution is 0.0950. The van der Waals surface area contributed by atoms with E-state index in [0.29, 0.717) is 12.1 Å². The molecule has 0 atom stereocenters. The highest BCUT2D eigenvalue weighted by Crippen LogP contribution is 2.16. The van der Waals surface area contributed by atoms with Crippen LogP contribution in [0.4, 0.5) is 0 Å². The predicted molar refractivity (Wildman–Crippen MR) is 82.0 cm³/mol. The zero-order valence-electron chi connectivity index (χ0n) is 11.8. The van der Waals surface area contributed by atoms with E-state index in [9.17, 15) is 4.79 Å². The molecule has 0 saturated carbocycles. The average Bonchev–Trinajstić information content (AvgIpc) is 3.07. The van der Waals surface area contributed by atoms with Crippen LogP contribution in [-0.2, 0) is 6.54 Å². The molecular formula is C15H15N3O2S. The molecule has 2 aromatic heterocycles. The van der Waals surface area contributed by atoms with E-state index in [2.05, 4.69) is 15.7 Å². The summed E-state index contributed by atoms with van der Waals surface area (Å²) < 4.78 is 7.10. The number of methoxy groups -OCH3 is 1. The molecule has 0 aliphatic heterocycles. The first-order valence-corrected chi connectivity index (χ1v) is 7.39. The molecule has 1 N–H and O–H groups in total. The summed E-state index contributed by atoms with van der Waals surface area (Å²) in [6, 6.07) is 7.02. The molecule has 108 valence electrons. The van der Waals surface area contributed by atoms with Gasteiger partial charge in [-0.15, -0.1) is 11.3 Å². The predicted octanol–water partition coefficient (Wildman–Crippen LogP) is 2.64. The van der Waals surface area contributed by atoms with Gasteiger partial charge in [-0.1, -0.05) is 0 Å². The van der Waals surface area contributed by atoms with Gasteiger partial charge in [-0.2, -0.15) is 0 Å². The minimum Gasteiger partial charge on any atom is -0.497 e. The molecule has 0 radical (unpaired) electrons. The Bertz CT molecular complexity index is 774. The van der Waals surface area contributed by atoms with Crippen molar-refractivity contribution in [3.63, 3.8) is 0 Å². The maximum Gasteiger partial charge on any atom is 0.251 e. The number of carbonyl (C=O) groups is 1. The Morgan fingerprint density at radius 3 is 2.81 bits per heavy atom. The van der Waals surface area contributed by atoms with Crippen LogP contribution in [0, 0.1) is 6.92 Å². The standard InChI is InChI=1S/C15H15N3O2S/c1-10-9-21-15-17-12(8-18(10)15)7-16-14(19)11-3-5-13(20-2)6-4-11/h3-6,8-9H,7H2,1-2H3,(H,16,19). The highest BCUT2D eigenvalue weighted by molar-refractivity contribution is 7.15. The van der Waals surface area contributed by atoms with Gasteiger partial charge in [0.05, 0.1) is 19.3 Å². The highest BCUT2D eigenvalue weighted by atomic mass is 32.1. The third-order valence-corrected chi connectivity index (χ3v) is 4.18. The molecule has 0 saturated heterocycles. The van der Waals surface area contributed by atoms with Crippen molar-refractivity contribution in [1.82, 2.24) is 14.7 Å². The molecule has 5 nitrogen and oxygen atoms in total. The summed E-state index contributed by atoms with van der Waals surface area (Å²) in [4.78, 5) is 17.5. The van der Waals surface area contributed by atoms with Gasteiger partial charge < -0.3 is 10.1 Å². The van der Waals surface area contributed by atoms with Crippen molar-refractivity contribution < 1.29 is 9.53 Å². The minimum absolute atomic E-state index is 0.120. The van der Waals surface area contributed by atoms with Crippen LogP contribution in [0.5, 0.6) is 5.75 Å². The van der Waals surface area contributed by atoms with E-state index >= 15 is 0 Å². The van der Waals surface area contributed by atoms with E-state index in [4.69, 9.17) is 4.74 Å². The van der Waals surface area contributed by atoms with E-state index < -0.39 is 0 Å². The second kappa shape index (κ2) is 5.57. The van der Waals surface area contributed by atoms with Crippen molar-refractivity contribution in [2.45, 2.75) is 13.5 Å². The van der Waals surface area contributed by atoms with E-state index in [-0.39, 0.29) is 5.91 Å². The number of fused-ring (bicyclic) bond motifs is 1. The van der Waals surface area contributed by atoms with Gasteiger partial charge in [0.1, 0.15) is 5.75 Å². The van der Waals surface area contributed by atoms with Gasteiger partial charge in [0, 0.05) is 22.8 Å². The van der Waals surface area contributed by atoms with Crippen molar-refractivity contribution in [2.24, 2.45) is 0 Å². The molecule has 3 aromatic rings. The summed E-state index contributed by atoms with van der Waals surface area (Å²) >= 11 is 1.59. The van der Waals surface area contributed by atoms with E-state index in [0.717, 1.165) is 22.1 Å². The zero-order chi connectivity index (χ0) is 14.8. The van der Waals surface area contributed by atoms with Crippen molar-refractivity contribution in [2.75, 3.05) is 7.11 Å². The second-order valence-electron chi connectivity index (χ2n) is 4.67. The SMILES string of the molecule is COc1ccc(C(=O)NCc2cn3c(C)csc3n2)cc1. The summed E-state index contributed by atoms with van der Waals surface area (Å²) in [5, 5.41) is 4.93. The average molecular weight is 301 g/mol. The Labute approximate surface area is 126 Å².